The predicted molar refractivity (Wildman–Crippen MR) is 69.9 cm³/mol. The standard InChI is InChI=1S/C12H13F3N2OS/c13-12(14,15)9-5-8(16)1-2-10(9)17-11(18)7-3-4-19-6-7/h1-2,5,7H,3-4,6,16H2,(H,17,18). The predicted octanol–water partition coefficient (Wildman–Crippen LogP) is 2.98. The van der Waals surface area contributed by atoms with E-state index >= 15 is 0 Å². The van der Waals surface area contributed by atoms with Gasteiger partial charge < -0.3 is 11.1 Å². The summed E-state index contributed by atoms with van der Waals surface area (Å²) in [4.78, 5) is 11.9. The summed E-state index contributed by atoms with van der Waals surface area (Å²) in [7, 11) is 0. The van der Waals surface area contributed by atoms with Crippen LogP contribution in [-0.2, 0) is 11.0 Å². The van der Waals surface area contributed by atoms with Crippen molar-refractivity contribution >= 4 is 29.0 Å². The molecule has 0 bridgehead atoms. The molecule has 0 aliphatic carbocycles. The number of thioether (sulfide) groups is 1. The molecule has 1 aliphatic heterocycles. The van der Waals surface area contributed by atoms with Gasteiger partial charge in [0.2, 0.25) is 5.91 Å². The fourth-order valence-electron chi connectivity index (χ4n) is 1.88. The Hall–Kier alpha value is -1.37. The van der Waals surface area contributed by atoms with Crippen LogP contribution in [0.2, 0.25) is 0 Å². The summed E-state index contributed by atoms with van der Waals surface area (Å²) in [5.74, 6) is 0.942. The molecule has 0 saturated carbocycles. The van der Waals surface area contributed by atoms with Gasteiger partial charge in [-0.05, 0) is 30.4 Å². The zero-order chi connectivity index (χ0) is 14.0. The van der Waals surface area contributed by atoms with Gasteiger partial charge in [-0.2, -0.15) is 24.9 Å². The molecule has 1 aromatic rings. The lowest BCUT2D eigenvalue weighted by Gasteiger charge is -2.16. The quantitative estimate of drug-likeness (QED) is 0.823. The topological polar surface area (TPSA) is 55.1 Å². The van der Waals surface area contributed by atoms with Crippen molar-refractivity contribution in [2.75, 3.05) is 22.6 Å². The largest absolute Gasteiger partial charge is 0.418 e. The molecular formula is C12H13F3N2OS. The molecule has 19 heavy (non-hydrogen) atoms. The summed E-state index contributed by atoms with van der Waals surface area (Å²) >= 11 is 1.63. The Balaban J connectivity index is 2.22. The van der Waals surface area contributed by atoms with Crippen molar-refractivity contribution in [3.05, 3.63) is 23.8 Å². The third-order valence-corrected chi connectivity index (χ3v) is 4.07. The minimum absolute atomic E-state index is 0.0155. The minimum atomic E-state index is -4.54. The molecule has 1 saturated heterocycles. The SMILES string of the molecule is Nc1ccc(NC(=O)C2CCSC2)c(C(F)(F)F)c1. The lowest BCUT2D eigenvalue weighted by molar-refractivity contribution is -0.136. The van der Waals surface area contributed by atoms with Crippen molar-refractivity contribution in [1.82, 2.24) is 0 Å². The van der Waals surface area contributed by atoms with E-state index < -0.39 is 11.7 Å². The highest BCUT2D eigenvalue weighted by Gasteiger charge is 2.35. The van der Waals surface area contributed by atoms with Crippen LogP contribution in [0.5, 0.6) is 0 Å². The molecule has 104 valence electrons. The van der Waals surface area contributed by atoms with Gasteiger partial charge in [0.05, 0.1) is 11.3 Å². The van der Waals surface area contributed by atoms with Crippen LogP contribution in [0.4, 0.5) is 24.5 Å². The zero-order valence-corrected chi connectivity index (χ0v) is 10.8. The Morgan fingerprint density at radius 2 is 2.16 bits per heavy atom. The summed E-state index contributed by atoms with van der Waals surface area (Å²) in [6.45, 7) is 0. The summed E-state index contributed by atoms with van der Waals surface area (Å²) in [5.41, 5.74) is 4.23. The van der Waals surface area contributed by atoms with Crippen molar-refractivity contribution < 1.29 is 18.0 Å². The van der Waals surface area contributed by atoms with E-state index in [1.807, 2.05) is 0 Å². The smallest absolute Gasteiger partial charge is 0.399 e. The number of nitrogens with one attached hydrogen (secondary N) is 1. The maximum atomic E-state index is 12.8. The summed E-state index contributed by atoms with van der Waals surface area (Å²) < 4.78 is 38.5. The molecule has 7 heteroatoms. The van der Waals surface area contributed by atoms with E-state index in [4.69, 9.17) is 5.73 Å². The molecule has 3 nitrogen and oxygen atoms in total. The highest BCUT2D eigenvalue weighted by molar-refractivity contribution is 7.99. The maximum absolute atomic E-state index is 12.8. The van der Waals surface area contributed by atoms with Crippen LogP contribution in [0.1, 0.15) is 12.0 Å². The first-order chi connectivity index (χ1) is 8.88. The number of carbonyl (C=O) groups is 1. The van der Waals surface area contributed by atoms with Crippen LogP contribution in [-0.4, -0.2) is 17.4 Å². The van der Waals surface area contributed by atoms with Crippen LogP contribution in [0.15, 0.2) is 18.2 Å². The molecular weight excluding hydrogens is 277 g/mol. The van der Waals surface area contributed by atoms with E-state index in [9.17, 15) is 18.0 Å². The average molecular weight is 290 g/mol. The van der Waals surface area contributed by atoms with Crippen LogP contribution in [0.25, 0.3) is 0 Å². The van der Waals surface area contributed by atoms with Gasteiger partial charge in [-0.3, -0.25) is 4.79 Å². The molecule has 2 rings (SSSR count). The van der Waals surface area contributed by atoms with Gasteiger partial charge in [0.25, 0.3) is 0 Å². The number of nitrogens with two attached hydrogens (primary N) is 1. The zero-order valence-electron chi connectivity index (χ0n) is 9.96. The molecule has 3 N–H and O–H groups in total. The molecule has 1 unspecified atom stereocenters. The van der Waals surface area contributed by atoms with Gasteiger partial charge in [-0.15, -0.1) is 0 Å². The third kappa shape index (κ3) is 3.34. The Kier molecular flexibility index (Phi) is 3.93. The van der Waals surface area contributed by atoms with E-state index in [1.165, 1.54) is 12.1 Å². The highest BCUT2D eigenvalue weighted by atomic mass is 32.2. The number of halogens is 3. The molecule has 1 aliphatic rings. The van der Waals surface area contributed by atoms with E-state index in [1.54, 1.807) is 11.8 Å². The van der Waals surface area contributed by atoms with Gasteiger partial charge in [-0.1, -0.05) is 0 Å². The van der Waals surface area contributed by atoms with Gasteiger partial charge in [0.15, 0.2) is 0 Å². The van der Waals surface area contributed by atoms with Crippen molar-refractivity contribution in [3.63, 3.8) is 0 Å². The molecule has 1 atom stereocenters. The molecule has 0 spiro atoms. The Bertz CT molecular complexity index is 484. The Labute approximate surface area is 112 Å². The Morgan fingerprint density at radius 1 is 1.42 bits per heavy atom. The number of hydrogen-bond donors (Lipinski definition) is 2. The van der Waals surface area contributed by atoms with E-state index in [0.717, 1.165) is 11.8 Å². The summed E-state index contributed by atoms with van der Waals surface area (Å²) in [5, 5.41) is 2.36. The first kappa shape index (κ1) is 14.0. The summed E-state index contributed by atoms with van der Waals surface area (Å²) in [6, 6.07) is 3.37. The Morgan fingerprint density at radius 3 is 2.74 bits per heavy atom. The molecule has 1 aromatic carbocycles. The minimum Gasteiger partial charge on any atom is -0.399 e. The van der Waals surface area contributed by atoms with Crippen LogP contribution in [0, 0.1) is 5.92 Å². The molecule has 0 radical (unpaired) electrons. The van der Waals surface area contributed by atoms with Crippen LogP contribution in [0.3, 0.4) is 0 Å². The van der Waals surface area contributed by atoms with Crippen LogP contribution < -0.4 is 11.1 Å². The maximum Gasteiger partial charge on any atom is 0.418 e. The second kappa shape index (κ2) is 5.32. The fraction of sp³-hybridized carbons (Fsp3) is 0.417. The first-order valence-corrected chi connectivity index (χ1v) is 6.89. The van der Waals surface area contributed by atoms with Crippen molar-refractivity contribution in [1.29, 1.82) is 0 Å². The fourth-order valence-corrected chi connectivity index (χ4v) is 3.10. The van der Waals surface area contributed by atoms with Crippen molar-refractivity contribution in [2.24, 2.45) is 5.92 Å². The molecule has 1 amide bonds. The van der Waals surface area contributed by atoms with Gasteiger partial charge in [-0.25, -0.2) is 0 Å². The molecule has 1 heterocycles. The highest BCUT2D eigenvalue weighted by Crippen LogP contribution is 2.36. The van der Waals surface area contributed by atoms with E-state index in [-0.39, 0.29) is 23.2 Å². The number of hydrogen-bond acceptors (Lipinski definition) is 3. The normalized spacial score (nSPS) is 19.4. The summed E-state index contributed by atoms with van der Waals surface area (Å²) in [6.07, 6.45) is -3.84. The van der Waals surface area contributed by atoms with Gasteiger partial charge >= 0.3 is 6.18 Å². The second-order valence-corrected chi connectivity index (χ2v) is 5.50. The van der Waals surface area contributed by atoms with Gasteiger partial charge in [0, 0.05) is 17.4 Å². The van der Waals surface area contributed by atoms with E-state index in [2.05, 4.69) is 5.32 Å². The molecule has 1 fully saturated rings. The average Bonchev–Trinajstić information content (AvgIpc) is 2.83. The number of amides is 1. The number of anilines is 2. The monoisotopic (exact) mass is 290 g/mol. The van der Waals surface area contributed by atoms with Gasteiger partial charge in [0.1, 0.15) is 0 Å². The lowest BCUT2D eigenvalue weighted by atomic mass is 10.1. The number of rotatable bonds is 2. The van der Waals surface area contributed by atoms with Crippen molar-refractivity contribution in [2.45, 2.75) is 12.6 Å². The first-order valence-electron chi connectivity index (χ1n) is 5.73. The second-order valence-electron chi connectivity index (χ2n) is 4.35. The number of nitrogen functional groups attached to an aromatic ring is 1. The number of alkyl halides is 3. The third-order valence-electron chi connectivity index (χ3n) is 2.91. The number of carbonyl (C=O) groups excluding carboxylic acids is 1. The molecule has 0 aromatic heterocycles. The van der Waals surface area contributed by atoms with Crippen LogP contribution >= 0.6 is 11.8 Å². The van der Waals surface area contributed by atoms with Crippen molar-refractivity contribution in [3.8, 4) is 0 Å². The number of benzene rings is 1. The lowest BCUT2D eigenvalue weighted by Crippen LogP contribution is -2.24. The van der Waals surface area contributed by atoms with E-state index in [0.29, 0.717) is 12.2 Å².